The molecule has 1 atom stereocenters. The molecule has 0 saturated carbocycles. The lowest BCUT2D eigenvalue weighted by atomic mass is 10.1. The minimum atomic E-state index is 0.0809. The largest absolute Gasteiger partial charge is 0.493 e. The molecule has 0 aliphatic carbocycles. The van der Waals surface area contributed by atoms with Crippen LogP contribution in [0.25, 0.3) is 0 Å². The van der Waals surface area contributed by atoms with Crippen LogP contribution in [0.5, 0.6) is 17.2 Å². The Labute approximate surface area is 126 Å². The number of benzene rings is 2. The van der Waals surface area contributed by atoms with E-state index in [4.69, 9.17) is 15.2 Å². The molecule has 0 fully saturated rings. The van der Waals surface area contributed by atoms with E-state index in [9.17, 15) is 0 Å². The van der Waals surface area contributed by atoms with Crippen molar-refractivity contribution in [2.45, 2.75) is 32.7 Å². The minimum Gasteiger partial charge on any atom is -0.493 e. The first-order chi connectivity index (χ1) is 10.2. The highest BCUT2D eigenvalue weighted by molar-refractivity contribution is 5.45. The molecular weight excluding hydrogens is 262 g/mol. The van der Waals surface area contributed by atoms with Crippen molar-refractivity contribution in [2.75, 3.05) is 7.11 Å². The fourth-order valence-corrected chi connectivity index (χ4v) is 2.16. The van der Waals surface area contributed by atoms with E-state index in [1.165, 1.54) is 5.56 Å². The third-order valence-corrected chi connectivity index (χ3v) is 3.61. The van der Waals surface area contributed by atoms with Gasteiger partial charge in [-0.1, -0.05) is 32.0 Å². The fraction of sp³-hybridized carbons (Fsp3) is 0.333. The van der Waals surface area contributed by atoms with Crippen LogP contribution >= 0.6 is 0 Å². The monoisotopic (exact) mass is 285 g/mol. The van der Waals surface area contributed by atoms with Gasteiger partial charge in [-0.2, -0.15) is 0 Å². The molecule has 0 unspecified atom stereocenters. The van der Waals surface area contributed by atoms with Gasteiger partial charge in [0.05, 0.1) is 7.11 Å². The van der Waals surface area contributed by atoms with Crippen molar-refractivity contribution >= 4 is 0 Å². The van der Waals surface area contributed by atoms with Crippen molar-refractivity contribution in [3.8, 4) is 17.2 Å². The summed E-state index contributed by atoms with van der Waals surface area (Å²) >= 11 is 0. The maximum atomic E-state index is 6.01. The predicted octanol–water partition coefficient (Wildman–Crippen LogP) is 4.46. The number of hydrogen-bond donors (Lipinski definition) is 1. The standard InChI is InChI=1S/C18H23NO2/c1-4-13-6-11-17(18(12-13)20-3)21-15-9-7-14(8-10-15)16(19)5-2/h6-12,16H,4-5,19H2,1-3H3/t16-/m0/s1. The number of aryl methyl sites for hydroxylation is 1. The number of hydrogen-bond acceptors (Lipinski definition) is 3. The van der Waals surface area contributed by atoms with Gasteiger partial charge >= 0.3 is 0 Å². The van der Waals surface area contributed by atoms with Crippen molar-refractivity contribution in [3.05, 3.63) is 53.6 Å². The molecule has 3 nitrogen and oxygen atoms in total. The summed E-state index contributed by atoms with van der Waals surface area (Å²) in [4.78, 5) is 0. The molecule has 0 heterocycles. The van der Waals surface area contributed by atoms with Crippen LogP contribution in [0.15, 0.2) is 42.5 Å². The Hall–Kier alpha value is -2.00. The van der Waals surface area contributed by atoms with Crippen molar-refractivity contribution in [2.24, 2.45) is 5.73 Å². The van der Waals surface area contributed by atoms with E-state index < -0.39 is 0 Å². The van der Waals surface area contributed by atoms with Crippen LogP contribution in [-0.2, 0) is 6.42 Å². The third-order valence-electron chi connectivity index (χ3n) is 3.61. The van der Waals surface area contributed by atoms with Crippen molar-refractivity contribution in [1.29, 1.82) is 0 Å². The van der Waals surface area contributed by atoms with Crippen LogP contribution in [-0.4, -0.2) is 7.11 Å². The average molecular weight is 285 g/mol. The number of methoxy groups -OCH3 is 1. The first-order valence-electron chi connectivity index (χ1n) is 7.38. The van der Waals surface area contributed by atoms with Gasteiger partial charge in [0.1, 0.15) is 5.75 Å². The Morgan fingerprint density at radius 2 is 1.71 bits per heavy atom. The summed E-state index contributed by atoms with van der Waals surface area (Å²) in [6, 6.07) is 14.0. The summed E-state index contributed by atoms with van der Waals surface area (Å²) in [5.41, 5.74) is 8.36. The van der Waals surface area contributed by atoms with Gasteiger partial charge in [0.2, 0.25) is 0 Å². The lowest BCUT2D eigenvalue weighted by molar-refractivity contribution is 0.378. The highest BCUT2D eigenvalue weighted by atomic mass is 16.5. The molecule has 21 heavy (non-hydrogen) atoms. The lowest BCUT2D eigenvalue weighted by Gasteiger charge is -2.13. The second-order valence-electron chi connectivity index (χ2n) is 5.02. The lowest BCUT2D eigenvalue weighted by Crippen LogP contribution is -2.08. The van der Waals surface area contributed by atoms with E-state index in [-0.39, 0.29) is 6.04 Å². The molecule has 3 heteroatoms. The topological polar surface area (TPSA) is 44.5 Å². The van der Waals surface area contributed by atoms with Gasteiger partial charge in [0.15, 0.2) is 11.5 Å². The molecular formula is C18H23NO2. The highest BCUT2D eigenvalue weighted by Gasteiger charge is 2.08. The van der Waals surface area contributed by atoms with Gasteiger partial charge in [-0.25, -0.2) is 0 Å². The Kier molecular flexibility index (Phi) is 5.23. The summed E-state index contributed by atoms with van der Waals surface area (Å²) < 4.78 is 11.3. The second-order valence-corrected chi connectivity index (χ2v) is 5.02. The van der Waals surface area contributed by atoms with E-state index >= 15 is 0 Å². The maximum Gasteiger partial charge on any atom is 0.169 e. The highest BCUT2D eigenvalue weighted by Crippen LogP contribution is 2.32. The average Bonchev–Trinajstić information content (AvgIpc) is 2.55. The van der Waals surface area contributed by atoms with Gasteiger partial charge in [-0.15, -0.1) is 0 Å². The summed E-state index contributed by atoms with van der Waals surface area (Å²) in [5.74, 6) is 2.26. The molecule has 0 aliphatic rings. The van der Waals surface area contributed by atoms with Crippen molar-refractivity contribution in [1.82, 2.24) is 0 Å². The van der Waals surface area contributed by atoms with E-state index in [0.29, 0.717) is 0 Å². The molecule has 0 aliphatic heterocycles. The zero-order valence-electron chi connectivity index (χ0n) is 12.9. The summed E-state index contributed by atoms with van der Waals surface area (Å²) in [5, 5.41) is 0. The van der Waals surface area contributed by atoms with Gasteiger partial charge < -0.3 is 15.2 Å². The SMILES string of the molecule is CCc1ccc(Oc2ccc([C@@H](N)CC)cc2)c(OC)c1. The normalized spacial score (nSPS) is 12.0. The molecule has 2 N–H and O–H groups in total. The van der Waals surface area contributed by atoms with Crippen LogP contribution in [0.3, 0.4) is 0 Å². The Morgan fingerprint density at radius 1 is 1.00 bits per heavy atom. The van der Waals surface area contributed by atoms with E-state index in [1.807, 2.05) is 36.4 Å². The molecule has 0 bridgehead atoms. The first kappa shape index (κ1) is 15.4. The number of ether oxygens (including phenoxy) is 2. The summed E-state index contributed by atoms with van der Waals surface area (Å²) in [7, 11) is 1.66. The third kappa shape index (κ3) is 3.76. The zero-order chi connectivity index (χ0) is 15.2. The molecule has 0 saturated heterocycles. The van der Waals surface area contributed by atoms with Crippen LogP contribution in [0, 0.1) is 0 Å². The molecule has 0 radical (unpaired) electrons. The molecule has 0 spiro atoms. The Bertz CT molecular complexity index is 578. The molecule has 112 valence electrons. The quantitative estimate of drug-likeness (QED) is 0.852. The van der Waals surface area contributed by atoms with E-state index in [1.54, 1.807) is 7.11 Å². The molecule has 2 rings (SSSR count). The van der Waals surface area contributed by atoms with E-state index in [0.717, 1.165) is 35.7 Å². The molecule has 2 aromatic carbocycles. The van der Waals surface area contributed by atoms with Gasteiger partial charge in [-0.3, -0.25) is 0 Å². The van der Waals surface area contributed by atoms with Crippen molar-refractivity contribution in [3.63, 3.8) is 0 Å². The predicted molar refractivity (Wildman–Crippen MR) is 86.1 cm³/mol. The number of rotatable bonds is 6. The summed E-state index contributed by atoms with van der Waals surface area (Å²) in [6.07, 6.45) is 1.90. The fourth-order valence-electron chi connectivity index (χ4n) is 2.16. The Balaban J connectivity index is 2.18. The second kappa shape index (κ2) is 7.14. The minimum absolute atomic E-state index is 0.0809. The van der Waals surface area contributed by atoms with Crippen LogP contribution in [0.1, 0.15) is 37.4 Å². The zero-order valence-corrected chi connectivity index (χ0v) is 12.9. The molecule has 0 aromatic heterocycles. The van der Waals surface area contributed by atoms with Gasteiger partial charge in [-0.05, 0) is 48.2 Å². The van der Waals surface area contributed by atoms with Crippen molar-refractivity contribution < 1.29 is 9.47 Å². The van der Waals surface area contributed by atoms with Crippen LogP contribution in [0.2, 0.25) is 0 Å². The first-order valence-corrected chi connectivity index (χ1v) is 7.38. The van der Waals surface area contributed by atoms with Gasteiger partial charge in [0, 0.05) is 6.04 Å². The number of nitrogens with two attached hydrogens (primary N) is 1. The molecule has 0 amide bonds. The maximum absolute atomic E-state index is 6.01. The summed E-state index contributed by atoms with van der Waals surface area (Å²) in [6.45, 7) is 4.19. The molecule has 2 aromatic rings. The van der Waals surface area contributed by atoms with Crippen LogP contribution in [0.4, 0.5) is 0 Å². The smallest absolute Gasteiger partial charge is 0.169 e. The Morgan fingerprint density at radius 3 is 2.29 bits per heavy atom. The van der Waals surface area contributed by atoms with E-state index in [2.05, 4.69) is 19.9 Å². The van der Waals surface area contributed by atoms with Crippen LogP contribution < -0.4 is 15.2 Å². The van der Waals surface area contributed by atoms with Gasteiger partial charge in [0.25, 0.3) is 0 Å².